The molecule has 0 saturated heterocycles. The smallest absolute Gasteiger partial charge is 0.0991 e. The Morgan fingerprint density at radius 2 is 1.79 bits per heavy atom. The third-order valence-electron chi connectivity index (χ3n) is 2.76. The summed E-state index contributed by atoms with van der Waals surface area (Å²) in [6.45, 7) is 2.02. The molecule has 1 N–H and O–H groups in total. The van der Waals surface area contributed by atoms with Crippen molar-refractivity contribution in [2.24, 2.45) is 0 Å². The van der Waals surface area contributed by atoms with Gasteiger partial charge in [0.1, 0.15) is 0 Å². The fraction of sp³-hybridized carbons (Fsp3) is 0.133. The second kappa shape index (κ2) is 5.97. The minimum atomic E-state index is 0.0582. The largest absolute Gasteiger partial charge is 0.378 e. The first-order chi connectivity index (χ1) is 9.08. The number of hydrogen-bond acceptors (Lipinski definition) is 2. The molecule has 1 atom stereocenters. The molecule has 0 aromatic heterocycles. The van der Waals surface area contributed by atoms with E-state index in [2.05, 4.69) is 11.4 Å². The summed E-state index contributed by atoms with van der Waals surface area (Å²) in [5.41, 5.74) is 2.54. The SMILES string of the molecule is CC(Nc1cc(Cl)cc(Cl)c1)c1cccc(C#N)c1. The molecule has 0 bridgehead atoms. The van der Waals surface area contributed by atoms with Crippen LogP contribution >= 0.6 is 23.2 Å². The maximum absolute atomic E-state index is 8.90. The van der Waals surface area contributed by atoms with Crippen molar-refractivity contribution in [3.05, 3.63) is 63.6 Å². The molecule has 0 spiro atoms. The van der Waals surface area contributed by atoms with Crippen LogP contribution in [0.3, 0.4) is 0 Å². The molecule has 2 nitrogen and oxygen atoms in total. The molecule has 0 aliphatic heterocycles. The number of rotatable bonds is 3. The molecule has 0 radical (unpaired) electrons. The summed E-state index contributed by atoms with van der Waals surface area (Å²) in [5, 5.41) is 13.4. The van der Waals surface area contributed by atoms with E-state index in [4.69, 9.17) is 28.5 Å². The van der Waals surface area contributed by atoms with Crippen LogP contribution in [0.25, 0.3) is 0 Å². The second-order valence-corrected chi connectivity index (χ2v) is 5.13. The molecule has 0 heterocycles. The van der Waals surface area contributed by atoms with Gasteiger partial charge in [-0.1, -0.05) is 35.3 Å². The molecule has 0 aliphatic carbocycles. The lowest BCUT2D eigenvalue weighted by molar-refractivity contribution is 0.884. The highest BCUT2D eigenvalue weighted by Gasteiger charge is 2.07. The summed E-state index contributed by atoms with van der Waals surface area (Å²) >= 11 is 11.9. The molecule has 0 amide bonds. The van der Waals surface area contributed by atoms with Crippen LogP contribution in [0.5, 0.6) is 0 Å². The summed E-state index contributed by atoms with van der Waals surface area (Å²) in [7, 11) is 0. The Morgan fingerprint density at radius 3 is 2.42 bits per heavy atom. The van der Waals surface area contributed by atoms with Crippen LogP contribution in [0.15, 0.2) is 42.5 Å². The number of benzene rings is 2. The number of anilines is 1. The Hall–Kier alpha value is -1.69. The Labute approximate surface area is 122 Å². The maximum atomic E-state index is 8.90. The van der Waals surface area contributed by atoms with Gasteiger partial charge in [-0.2, -0.15) is 5.26 Å². The van der Waals surface area contributed by atoms with Crippen LogP contribution in [0, 0.1) is 11.3 Å². The van der Waals surface area contributed by atoms with Crippen LogP contribution in [0.2, 0.25) is 10.0 Å². The van der Waals surface area contributed by atoms with Gasteiger partial charge in [0.25, 0.3) is 0 Å². The summed E-state index contributed by atoms with van der Waals surface area (Å²) in [5.74, 6) is 0. The van der Waals surface area contributed by atoms with Crippen molar-refractivity contribution in [2.45, 2.75) is 13.0 Å². The highest BCUT2D eigenvalue weighted by atomic mass is 35.5. The molecule has 0 fully saturated rings. The van der Waals surface area contributed by atoms with Crippen LogP contribution in [-0.2, 0) is 0 Å². The Kier molecular flexibility index (Phi) is 4.31. The zero-order valence-electron chi connectivity index (χ0n) is 10.3. The van der Waals surface area contributed by atoms with Gasteiger partial charge in [-0.25, -0.2) is 0 Å². The van der Waals surface area contributed by atoms with Crippen molar-refractivity contribution in [1.29, 1.82) is 5.26 Å². The van der Waals surface area contributed by atoms with Gasteiger partial charge in [0, 0.05) is 21.8 Å². The van der Waals surface area contributed by atoms with Gasteiger partial charge in [0.2, 0.25) is 0 Å². The molecular formula is C15H12Cl2N2. The zero-order chi connectivity index (χ0) is 13.8. The molecule has 2 aromatic rings. The first kappa shape index (κ1) is 13.7. The molecule has 4 heteroatoms. The molecule has 1 unspecified atom stereocenters. The van der Waals surface area contributed by atoms with Crippen LogP contribution < -0.4 is 5.32 Å². The Bertz CT molecular complexity index is 612. The van der Waals surface area contributed by atoms with Gasteiger partial charge in [-0.3, -0.25) is 0 Å². The fourth-order valence-corrected chi connectivity index (χ4v) is 2.37. The van der Waals surface area contributed by atoms with Crippen LogP contribution in [0.4, 0.5) is 5.69 Å². The predicted molar refractivity (Wildman–Crippen MR) is 79.7 cm³/mol. The second-order valence-electron chi connectivity index (χ2n) is 4.26. The first-order valence-electron chi connectivity index (χ1n) is 5.81. The van der Waals surface area contributed by atoms with Gasteiger partial charge in [-0.05, 0) is 42.8 Å². The number of nitrogens with zero attached hydrogens (tertiary/aromatic N) is 1. The summed E-state index contributed by atoms with van der Waals surface area (Å²) < 4.78 is 0. The fourth-order valence-electron chi connectivity index (χ4n) is 1.85. The lowest BCUT2D eigenvalue weighted by Gasteiger charge is -2.16. The van der Waals surface area contributed by atoms with Crippen molar-refractivity contribution in [2.75, 3.05) is 5.32 Å². The van der Waals surface area contributed by atoms with Crippen molar-refractivity contribution in [3.63, 3.8) is 0 Å². The molecule has 96 valence electrons. The van der Waals surface area contributed by atoms with Crippen LogP contribution in [0.1, 0.15) is 24.1 Å². The van der Waals surface area contributed by atoms with E-state index in [9.17, 15) is 0 Å². The zero-order valence-corrected chi connectivity index (χ0v) is 11.8. The number of nitriles is 1. The van der Waals surface area contributed by atoms with E-state index >= 15 is 0 Å². The minimum Gasteiger partial charge on any atom is -0.378 e. The number of nitrogens with one attached hydrogen (secondary N) is 1. The summed E-state index contributed by atoms with van der Waals surface area (Å²) in [6, 6.07) is 15.0. The average Bonchev–Trinajstić information content (AvgIpc) is 2.37. The maximum Gasteiger partial charge on any atom is 0.0991 e. The van der Waals surface area contributed by atoms with E-state index < -0.39 is 0 Å². The van der Waals surface area contributed by atoms with Gasteiger partial charge in [0.15, 0.2) is 0 Å². The molecule has 0 aliphatic rings. The Balaban J connectivity index is 2.20. The van der Waals surface area contributed by atoms with Gasteiger partial charge < -0.3 is 5.32 Å². The summed E-state index contributed by atoms with van der Waals surface area (Å²) in [4.78, 5) is 0. The third kappa shape index (κ3) is 3.64. The highest BCUT2D eigenvalue weighted by Crippen LogP contribution is 2.26. The lowest BCUT2D eigenvalue weighted by atomic mass is 10.1. The van der Waals surface area contributed by atoms with Gasteiger partial charge >= 0.3 is 0 Å². The Morgan fingerprint density at radius 1 is 1.11 bits per heavy atom. The summed E-state index contributed by atoms with van der Waals surface area (Å²) in [6.07, 6.45) is 0. The monoisotopic (exact) mass is 290 g/mol. The quantitative estimate of drug-likeness (QED) is 0.860. The average molecular weight is 291 g/mol. The van der Waals surface area contributed by atoms with Crippen molar-refractivity contribution < 1.29 is 0 Å². The van der Waals surface area contributed by atoms with E-state index in [1.54, 1.807) is 12.1 Å². The van der Waals surface area contributed by atoms with E-state index in [1.165, 1.54) is 0 Å². The van der Waals surface area contributed by atoms with E-state index in [-0.39, 0.29) is 6.04 Å². The van der Waals surface area contributed by atoms with Gasteiger partial charge in [0.05, 0.1) is 11.6 Å². The molecular weight excluding hydrogens is 279 g/mol. The van der Waals surface area contributed by atoms with Crippen molar-refractivity contribution in [1.82, 2.24) is 0 Å². The van der Waals surface area contributed by atoms with E-state index in [1.807, 2.05) is 37.3 Å². The van der Waals surface area contributed by atoms with Crippen molar-refractivity contribution in [3.8, 4) is 6.07 Å². The van der Waals surface area contributed by atoms with Gasteiger partial charge in [-0.15, -0.1) is 0 Å². The molecule has 2 aromatic carbocycles. The standard InChI is InChI=1S/C15H12Cl2N2/c1-10(12-4-2-3-11(5-12)9-18)19-15-7-13(16)6-14(17)8-15/h2-8,10,19H,1H3. The normalized spacial score (nSPS) is 11.7. The highest BCUT2D eigenvalue weighted by molar-refractivity contribution is 6.35. The number of hydrogen-bond donors (Lipinski definition) is 1. The lowest BCUT2D eigenvalue weighted by Crippen LogP contribution is -2.06. The van der Waals surface area contributed by atoms with Crippen molar-refractivity contribution >= 4 is 28.9 Å². The predicted octanol–water partition coefficient (Wildman–Crippen LogP) is 5.04. The topological polar surface area (TPSA) is 35.8 Å². The third-order valence-corrected chi connectivity index (χ3v) is 3.20. The minimum absolute atomic E-state index is 0.0582. The van der Waals surface area contributed by atoms with E-state index in [0.29, 0.717) is 15.6 Å². The van der Waals surface area contributed by atoms with E-state index in [0.717, 1.165) is 11.3 Å². The molecule has 19 heavy (non-hydrogen) atoms. The molecule has 0 saturated carbocycles. The molecule has 2 rings (SSSR count). The van der Waals surface area contributed by atoms with Crippen LogP contribution in [-0.4, -0.2) is 0 Å². The number of halogens is 2. The first-order valence-corrected chi connectivity index (χ1v) is 6.57.